The summed E-state index contributed by atoms with van der Waals surface area (Å²) in [7, 11) is 0. The lowest BCUT2D eigenvalue weighted by Crippen LogP contribution is -2.06. The van der Waals surface area contributed by atoms with Crippen molar-refractivity contribution in [1.29, 1.82) is 0 Å². The van der Waals surface area contributed by atoms with Crippen molar-refractivity contribution in [2.24, 2.45) is 0 Å². The van der Waals surface area contributed by atoms with Crippen molar-refractivity contribution < 1.29 is 4.42 Å². The molecule has 13 rings (SSSR count). The summed E-state index contributed by atoms with van der Waals surface area (Å²) in [4.78, 5) is 16.2. The molecule has 10 aromatic carbocycles. The molecule has 0 aliphatic carbocycles. The third kappa shape index (κ3) is 5.32. The SMILES string of the molecule is c1ccc(-c2ccc(-c3ccc(-c4nc(-c5cc6ccccc6c6oc7ccccc7c56)nc(-n5c6ccc7ccccc7c6c6c7ccccc7ccc65)n4)cc3)cc2)cc1. The Morgan fingerprint density at radius 3 is 1.45 bits per heavy atom. The molecule has 0 unspecified atom stereocenters. The van der Waals surface area contributed by atoms with Gasteiger partial charge in [-0.05, 0) is 73.5 Å². The molecule has 0 N–H and O–H groups in total. The molecular weight excluding hydrogens is 757 g/mol. The fourth-order valence-corrected chi connectivity index (χ4v) is 9.51. The van der Waals surface area contributed by atoms with E-state index in [9.17, 15) is 0 Å². The van der Waals surface area contributed by atoms with Crippen LogP contribution in [0, 0.1) is 0 Å². The zero-order valence-electron chi connectivity index (χ0n) is 33.3. The molecule has 0 bridgehead atoms. The van der Waals surface area contributed by atoms with Gasteiger partial charge < -0.3 is 4.42 Å². The lowest BCUT2D eigenvalue weighted by molar-refractivity contribution is 0.672. The summed E-state index contributed by atoms with van der Waals surface area (Å²) in [6.07, 6.45) is 0. The maximum absolute atomic E-state index is 6.65. The van der Waals surface area contributed by atoms with Gasteiger partial charge >= 0.3 is 0 Å². The minimum atomic E-state index is 0.547. The van der Waals surface area contributed by atoms with E-state index in [-0.39, 0.29) is 0 Å². The van der Waals surface area contributed by atoms with Crippen molar-refractivity contribution in [1.82, 2.24) is 19.5 Å². The molecule has 0 saturated heterocycles. The maximum atomic E-state index is 6.65. The number of hydrogen-bond donors (Lipinski definition) is 0. The maximum Gasteiger partial charge on any atom is 0.238 e. The Labute approximate surface area is 355 Å². The molecule has 0 radical (unpaired) electrons. The van der Waals surface area contributed by atoms with Crippen LogP contribution in [-0.4, -0.2) is 19.5 Å². The van der Waals surface area contributed by atoms with Crippen LogP contribution in [0.25, 0.3) is 127 Å². The second-order valence-corrected chi connectivity index (χ2v) is 15.9. The normalized spacial score (nSPS) is 11.9. The molecule has 5 nitrogen and oxygen atoms in total. The molecule has 3 aromatic heterocycles. The highest BCUT2D eigenvalue weighted by atomic mass is 16.3. The first-order chi connectivity index (χ1) is 30.7. The molecule has 288 valence electrons. The fraction of sp³-hybridized carbons (Fsp3) is 0. The third-order valence-electron chi connectivity index (χ3n) is 12.4. The van der Waals surface area contributed by atoms with E-state index in [1.165, 1.54) is 43.4 Å². The van der Waals surface area contributed by atoms with Crippen molar-refractivity contribution in [3.8, 4) is 51.0 Å². The van der Waals surface area contributed by atoms with Crippen LogP contribution in [-0.2, 0) is 0 Å². The number of para-hydroxylation sites is 1. The van der Waals surface area contributed by atoms with Gasteiger partial charge in [0.25, 0.3) is 0 Å². The highest BCUT2D eigenvalue weighted by molar-refractivity contribution is 6.28. The first-order valence-electron chi connectivity index (χ1n) is 20.9. The number of hydrogen-bond acceptors (Lipinski definition) is 4. The Morgan fingerprint density at radius 2 is 0.823 bits per heavy atom. The summed E-state index contributed by atoms with van der Waals surface area (Å²) in [5.41, 5.74) is 10.1. The van der Waals surface area contributed by atoms with Gasteiger partial charge in [-0.1, -0.05) is 182 Å². The van der Waals surface area contributed by atoms with E-state index in [2.05, 4.69) is 193 Å². The van der Waals surface area contributed by atoms with E-state index in [0.717, 1.165) is 66.0 Å². The molecule has 0 aliphatic heterocycles. The molecule has 5 heteroatoms. The Balaban J connectivity index is 1.07. The largest absolute Gasteiger partial charge is 0.455 e. The lowest BCUT2D eigenvalue weighted by atomic mass is 9.99. The summed E-state index contributed by atoms with van der Waals surface area (Å²) < 4.78 is 8.88. The Morgan fingerprint density at radius 1 is 0.339 bits per heavy atom. The zero-order chi connectivity index (χ0) is 40.7. The Bertz CT molecular complexity index is 3810. The predicted octanol–water partition coefficient (Wildman–Crippen LogP) is 15.0. The fourth-order valence-electron chi connectivity index (χ4n) is 9.51. The van der Waals surface area contributed by atoms with Crippen LogP contribution in [0.3, 0.4) is 0 Å². The Kier molecular flexibility index (Phi) is 7.54. The van der Waals surface area contributed by atoms with Crippen LogP contribution in [0.2, 0.25) is 0 Å². The minimum Gasteiger partial charge on any atom is -0.455 e. The van der Waals surface area contributed by atoms with Crippen LogP contribution >= 0.6 is 0 Å². The lowest BCUT2D eigenvalue weighted by Gasteiger charge is -2.13. The monoisotopic (exact) mass is 790 g/mol. The van der Waals surface area contributed by atoms with E-state index in [1.807, 2.05) is 18.2 Å². The molecule has 0 amide bonds. The zero-order valence-corrected chi connectivity index (χ0v) is 33.3. The summed E-state index contributed by atoms with van der Waals surface area (Å²) in [5.74, 6) is 1.70. The van der Waals surface area contributed by atoms with E-state index in [4.69, 9.17) is 19.4 Å². The molecule has 0 fully saturated rings. The highest BCUT2D eigenvalue weighted by Gasteiger charge is 2.23. The number of nitrogens with zero attached hydrogens (tertiary/aromatic N) is 4. The first-order valence-corrected chi connectivity index (χ1v) is 20.9. The second kappa shape index (κ2) is 13.6. The van der Waals surface area contributed by atoms with Crippen LogP contribution < -0.4 is 0 Å². The summed E-state index contributed by atoms with van der Waals surface area (Å²) in [6.45, 7) is 0. The van der Waals surface area contributed by atoms with Crippen molar-refractivity contribution in [2.75, 3.05) is 0 Å². The number of furan rings is 1. The van der Waals surface area contributed by atoms with Gasteiger partial charge in [0, 0.05) is 38.1 Å². The molecule has 0 aliphatic rings. The van der Waals surface area contributed by atoms with Crippen LogP contribution in [0.1, 0.15) is 0 Å². The van der Waals surface area contributed by atoms with Gasteiger partial charge in [0.05, 0.1) is 11.0 Å². The van der Waals surface area contributed by atoms with Crippen molar-refractivity contribution >= 4 is 76.1 Å². The topological polar surface area (TPSA) is 56.7 Å². The summed E-state index contributed by atoms with van der Waals surface area (Å²) in [5, 5.41) is 11.2. The molecular formula is C57H34N4O. The quantitative estimate of drug-likeness (QED) is 0.174. The second-order valence-electron chi connectivity index (χ2n) is 15.9. The van der Waals surface area contributed by atoms with E-state index < -0.39 is 0 Å². The number of rotatable bonds is 5. The standard InChI is InChI=1S/C57H34N4O/c1-2-12-35(13-3-1)36-22-24-37(25-23-36)38-26-28-41(29-27-38)55-58-56(47-34-42-16-6-9-19-45(42)54-51(47)46-20-10-11-21-50(46)62-54)60-57(59-55)61-48-32-30-39-14-4-7-17-43(39)52(48)53-44-18-8-5-15-40(44)31-33-49(53)61/h1-34H. The molecule has 0 atom stereocenters. The predicted molar refractivity (Wildman–Crippen MR) is 256 cm³/mol. The van der Waals surface area contributed by atoms with Crippen molar-refractivity contribution in [3.05, 3.63) is 206 Å². The first kappa shape index (κ1) is 34.5. The van der Waals surface area contributed by atoms with E-state index >= 15 is 0 Å². The number of benzene rings is 10. The smallest absolute Gasteiger partial charge is 0.238 e. The third-order valence-corrected chi connectivity index (χ3v) is 12.4. The molecule has 62 heavy (non-hydrogen) atoms. The van der Waals surface area contributed by atoms with Gasteiger partial charge in [-0.15, -0.1) is 0 Å². The van der Waals surface area contributed by atoms with Gasteiger partial charge in [0.2, 0.25) is 5.95 Å². The van der Waals surface area contributed by atoms with Crippen molar-refractivity contribution in [3.63, 3.8) is 0 Å². The minimum absolute atomic E-state index is 0.547. The average molecular weight is 791 g/mol. The molecule has 0 saturated carbocycles. The van der Waals surface area contributed by atoms with Gasteiger partial charge in [-0.25, -0.2) is 4.98 Å². The highest BCUT2D eigenvalue weighted by Crippen LogP contribution is 2.43. The van der Waals surface area contributed by atoms with Gasteiger partial charge in [0.1, 0.15) is 11.2 Å². The van der Waals surface area contributed by atoms with Gasteiger partial charge in [-0.2, -0.15) is 9.97 Å². The number of aromatic nitrogens is 4. The van der Waals surface area contributed by atoms with E-state index in [0.29, 0.717) is 17.6 Å². The van der Waals surface area contributed by atoms with Crippen molar-refractivity contribution in [2.45, 2.75) is 0 Å². The summed E-state index contributed by atoms with van der Waals surface area (Å²) in [6, 6.07) is 72.7. The molecule has 3 heterocycles. The molecule has 0 spiro atoms. The number of fused-ring (bicyclic) bond motifs is 12. The Hall–Kier alpha value is -8.41. The average Bonchev–Trinajstić information content (AvgIpc) is 3.91. The van der Waals surface area contributed by atoms with Crippen LogP contribution in [0.15, 0.2) is 211 Å². The summed E-state index contributed by atoms with van der Waals surface area (Å²) >= 11 is 0. The van der Waals surface area contributed by atoms with Gasteiger partial charge in [0.15, 0.2) is 11.6 Å². The van der Waals surface area contributed by atoms with Gasteiger partial charge in [-0.3, -0.25) is 4.57 Å². The molecule has 13 aromatic rings. The van der Waals surface area contributed by atoms with Crippen LogP contribution in [0.4, 0.5) is 0 Å². The van der Waals surface area contributed by atoms with Crippen LogP contribution in [0.5, 0.6) is 0 Å². The van der Waals surface area contributed by atoms with E-state index in [1.54, 1.807) is 0 Å².